The first-order valence-electron chi connectivity index (χ1n) is 5.93. The van der Waals surface area contributed by atoms with Crippen molar-refractivity contribution in [2.75, 3.05) is 0 Å². The van der Waals surface area contributed by atoms with Gasteiger partial charge in [0.1, 0.15) is 0 Å². The first-order chi connectivity index (χ1) is 7.59. The third kappa shape index (κ3) is 2.41. The summed E-state index contributed by atoms with van der Waals surface area (Å²) >= 11 is 0. The summed E-state index contributed by atoms with van der Waals surface area (Å²) < 4.78 is 0. The molecule has 1 nitrogen and oxygen atoms in total. The van der Waals surface area contributed by atoms with Gasteiger partial charge in [-0.2, -0.15) is 0 Å². The van der Waals surface area contributed by atoms with Gasteiger partial charge in [0, 0.05) is 11.6 Å². The minimum Gasteiger partial charge on any atom is -0.256 e. The van der Waals surface area contributed by atoms with Crippen LogP contribution in [0.1, 0.15) is 38.4 Å². The van der Waals surface area contributed by atoms with Crippen molar-refractivity contribution in [1.29, 1.82) is 0 Å². The van der Waals surface area contributed by atoms with Crippen LogP contribution in [0.25, 0.3) is 12.2 Å². The maximum atomic E-state index is 4.39. The number of allylic oxidation sites excluding steroid dienone is 2. The predicted octanol–water partition coefficient (Wildman–Crippen LogP) is 4.17. The maximum Gasteiger partial charge on any atom is 0.0698 e. The van der Waals surface area contributed by atoms with Crippen LogP contribution < -0.4 is 0 Å². The van der Waals surface area contributed by atoms with E-state index in [-0.39, 0.29) is 5.41 Å². The molecule has 16 heavy (non-hydrogen) atoms. The number of hydrogen-bond donors (Lipinski definition) is 0. The molecule has 1 aromatic heterocycles. The van der Waals surface area contributed by atoms with E-state index in [0.29, 0.717) is 5.92 Å². The maximum absolute atomic E-state index is 4.39. The van der Waals surface area contributed by atoms with Crippen LogP contribution in [-0.4, -0.2) is 4.98 Å². The van der Waals surface area contributed by atoms with Crippen molar-refractivity contribution >= 4 is 12.2 Å². The van der Waals surface area contributed by atoms with E-state index >= 15 is 0 Å². The zero-order chi connectivity index (χ0) is 11.6. The van der Waals surface area contributed by atoms with Crippen LogP contribution in [0.15, 0.2) is 30.5 Å². The highest BCUT2D eigenvalue weighted by Gasteiger charge is 2.20. The summed E-state index contributed by atoms with van der Waals surface area (Å²) in [5, 5.41) is 0. The van der Waals surface area contributed by atoms with Gasteiger partial charge in [0.25, 0.3) is 0 Å². The highest BCUT2D eigenvalue weighted by molar-refractivity contribution is 5.65. The number of rotatable bonds is 2. The highest BCUT2D eigenvalue weighted by Crippen LogP contribution is 2.33. The quantitative estimate of drug-likeness (QED) is 0.718. The Bertz CT molecular complexity index is 394. The largest absolute Gasteiger partial charge is 0.256 e. The van der Waals surface area contributed by atoms with Gasteiger partial charge in [0.2, 0.25) is 0 Å². The molecule has 0 fully saturated rings. The van der Waals surface area contributed by atoms with Gasteiger partial charge in [-0.3, -0.25) is 4.98 Å². The summed E-state index contributed by atoms with van der Waals surface area (Å²) in [5.41, 5.74) is 2.45. The van der Waals surface area contributed by atoms with Crippen LogP contribution in [0.5, 0.6) is 0 Å². The first-order valence-corrected chi connectivity index (χ1v) is 5.93. The van der Waals surface area contributed by atoms with E-state index in [1.807, 2.05) is 12.3 Å². The zero-order valence-corrected chi connectivity index (χ0v) is 10.3. The van der Waals surface area contributed by atoms with Crippen molar-refractivity contribution in [3.63, 3.8) is 0 Å². The Labute approximate surface area is 97.9 Å². The Morgan fingerprint density at radius 2 is 2.00 bits per heavy atom. The van der Waals surface area contributed by atoms with Gasteiger partial charge in [0.15, 0.2) is 0 Å². The van der Waals surface area contributed by atoms with Gasteiger partial charge in [-0.05, 0) is 30.0 Å². The van der Waals surface area contributed by atoms with Crippen molar-refractivity contribution in [1.82, 2.24) is 4.98 Å². The van der Waals surface area contributed by atoms with Gasteiger partial charge in [-0.25, -0.2) is 0 Å². The van der Waals surface area contributed by atoms with Crippen LogP contribution in [0, 0.1) is 11.3 Å². The van der Waals surface area contributed by atoms with Gasteiger partial charge in [-0.15, -0.1) is 0 Å². The second-order valence-electron chi connectivity index (χ2n) is 5.25. The van der Waals surface area contributed by atoms with Crippen molar-refractivity contribution in [2.24, 2.45) is 11.3 Å². The lowest BCUT2D eigenvalue weighted by atomic mass is 9.81. The Morgan fingerprint density at radius 3 is 2.75 bits per heavy atom. The second-order valence-corrected chi connectivity index (χ2v) is 5.25. The fourth-order valence-corrected chi connectivity index (χ4v) is 2.33. The molecule has 0 saturated heterocycles. The molecule has 1 atom stereocenters. The molecule has 0 aromatic carbocycles. The molecule has 1 aliphatic rings. The molecule has 0 aliphatic heterocycles. The van der Waals surface area contributed by atoms with Gasteiger partial charge < -0.3 is 0 Å². The Kier molecular flexibility index (Phi) is 2.95. The predicted molar refractivity (Wildman–Crippen MR) is 69.9 cm³/mol. The van der Waals surface area contributed by atoms with Crippen LogP contribution in [0.4, 0.5) is 0 Å². The molecule has 0 amide bonds. The SMILES string of the molecule is CC(C)CC1(C)C=Cc2cccnc2C=C1. The fraction of sp³-hybridized carbons (Fsp3) is 0.400. The Hall–Kier alpha value is -1.37. The summed E-state index contributed by atoms with van der Waals surface area (Å²) in [6, 6.07) is 4.10. The van der Waals surface area contributed by atoms with E-state index in [0.717, 1.165) is 5.69 Å². The molecular weight excluding hydrogens is 194 g/mol. The minimum absolute atomic E-state index is 0.162. The second kappa shape index (κ2) is 4.25. The van der Waals surface area contributed by atoms with Crippen molar-refractivity contribution < 1.29 is 0 Å². The van der Waals surface area contributed by atoms with E-state index in [1.54, 1.807) is 0 Å². The monoisotopic (exact) mass is 213 g/mol. The van der Waals surface area contributed by atoms with E-state index in [4.69, 9.17) is 0 Å². The summed E-state index contributed by atoms with van der Waals surface area (Å²) in [4.78, 5) is 4.39. The molecule has 2 rings (SSSR count). The summed E-state index contributed by atoms with van der Waals surface area (Å²) in [6.07, 6.45) is 12.0. The number of fused-ring (bicyclic) bond motifs is 1. The first kappa shape index (κ1) is 11.1. The zero-order valence-electron chi connectivity index (χ0n) is 10.3. The average molecular weight is 213 g/mol. The van der Waals surface area contributed by atoms with Gasteiger partial charge in [0.05, 0.1) is 5.69 Å². The number of pyridine rings is 1. The normalized spacial score (nSPS) is 23.2. The van der Waals surface area contributed by atoms with E-state index in [9.17, 15) is 0 Å². The standard InChI is InChI=1S/C15H19N/c1-12(2)11-15(3)8-6-13-5-4-10-16-14(13)7-9-15/h4-10,12H,11H2,1-3H3. The lowest BCUT2D eigenvalue weighted by molar-refractivity contribution is 0.413. The molecule has 1 heteroatoms. The van der Waals surface area contributed by atoms with E-state index < -0.39 is 0 Å². The summed E-state index contributed by atoms with van der Waals surface area (Å²) in [6.45, 7) is 6.82. The summed E-state index contributed by atoms with van der Waals surface area (Å²) in [5.74, 6) is 0.702. The smallest absolute Gasteiger partial charge is 0.0698 e. The Morgan fingerprint density at radius 1 is 1.25 bits per heavy atom. The van der Waals surface area contributed by atoms with Gasteiger partial charge >= 0.3 is 0 Å². The van der Waals surface area contributed by atoms with Crippen LogP contribution in [0.2, 0.25) is 0 Å². The lowest BCUT2D eigenvalue weighted by Gasteiger charge is -2.23. The highest BCUT2D eigenvalue weighted by atomic mass is 14.7. The topological polar surface area (TPSA) is 12.9 Å². The van der Waals surface area contributed by atoms with Crippen LogP contribution in [-0.2, 0) is 0 Å². The molecule has 0 N–H and O–H groups in total. The summed E-state index contributed by atoms with van der Waals surface area (Å²) in [7, 11) is 0. The molecule has 1 heterocycles. The van der Waals surface area contributed by atoms with Crippen LogP contribution >= 0.6 is 0 Å². The molecule has 0 saturated carbocycles. The van der Waals surface area contributed by atoms with Gasteiger partial charge in [-0.1, -0.05) is 45.1 Å². The molecule has 1 aliphatic carbocycles. The molecule has 1 aromatic rings. The van der Waals surface area contributed by atoms with Crippen LogP contribution in [0.3, 0.4) is 0 Å². The molecule has 0 spiro atoms. The lowest BCUT2D eigenvalue weighted by Crippen LogP contribution is -2.12. The average Bonchev–Trinajstić information content (AvgIpc) is 2.39. The van der Waals surface area contributed by atoms with E-state index in [2.05, 4.69) is 56.1 Å². The fourth-order valence-electron chi connectivity index (χ4n) is 2.33. The minimum atomic E-state index is 0.162. The number of aromatic nitrogens is 1. The number of nitrogens with zero attached hydrogens (tertiary/aromatic N) is 1. The van der Waals surface area contributed by atoms with Crippen molar-refractivity contribution in [3.8, 4) is 0 Å². The third-order valence-electron chi connectivity index (χ3n) is 2.98. The third-order valence-corrected chi connectivity index (χ3v) is 2.98. The molecule has 0 radical (unpaired) electrons. The van der Waals surface area contributed by atoms with E-state index in [1.165, 1.54) is 12.0 Å². The molecule has 1 unspecified atom stereocenters. The molecule has 84 valence electrons. The Balaban J connectivity index is 2.33. The molecule has 0 bridgehead atoms. The van der Waals surface area contributed by atoms with Crippen molar-refractivity contribution in [3.05, 3.63) is 41.7 Å². The molecular formula is C15H19N. The van der Waals surface area contributed by atoms with Crippen molar-refractivity contribution in [2.45, 2.75) is 27.2 Å². The number of hydrogen-bond acceptors (Lipinski definition) is 1.